The molecule has 2 heterocycles. The predicted octanol–water partition coefficient (Wildman–Crippen LogP) is 3.67. The van der Waals surface area contributed by atoms with Gasteiger partial charge in [0, 0.05) is 43.7 Å². The van der Waals surface area contributed by atoms with Crippen molar-refractivity contribution >= 4 is 24.8 Å². The van der Waals surface area contributed by atoms with E-state index in [0.29, 0.717) is 11.8 Å². The van der Waals surface area contributed by atoms with Crippen molar-refractivity contribution in [3.63, 3.8) is 0 Å². The van der Waals surface area contributed by atoms with E-state index in [-0.39, 0.29) is 30.7 Å². The van der Waals surface area contributed by atoms with Crippen LogP contribution in [0.3, 0.4) is 0 Å². The molecule has 0 unspecified atom stereocenters. The highest BCUT2D eigenvalue weighted by Crippen LogP contribution is 2.42. The number of rotatable bonds is 1. The molecule has 0 spiro atoms. The molecule has 24 heavy (non-hydrogen) atoms. The van der Waals surface area contributed by atoms with E-state index in [1.165, 1.54) is 11.1 Å². The van der Waals surface area contributed by atoms with Crippen LogP contribution in [0.25, 0.3) is 0 Å². The molecule has 130 valence electrons. The third-order valence-corrected chi connectivity index (χ3v) is 5.15. The topological polar surface area (TPSA) is 26.7 Å². The van der Waals surface area contributed by atoms with E-state index >= 15 is 0 Å². The Labute approximate surface area is 156 Å². The largest absolute Gasteiger partial charge is 0.508 e. The number of phenols is 1. The Kier molecular flexibility index (Phi) is 6.16. The Morgan fingerprint density at radius 1 is 0.833 bits per heavy atom. The van der Waals surface area contributed by atoms with Crippen molar-refractivity contribution in [2.75, 3.05) is 33.2 Å². The van der Waals surface area contributed by atoms with E-state index in [1.807, 2.05) is 12.1 Å². The Morgan fingerprint density at radius 3 is 2.17 bits per heavy atom. The third kappa shape index (κ3) is 3.27. The van der Waals surface area contributed by atoms with E-state index in [0.717, 1.165) is 31.7 Å². The molecule has 4 rings (SSSR count). The van der Waals surface area contributed by atoms with E-state index in [4.69, 9.17) is 0 Å². The van der Waals surface area contributed by atoms with Crippen LogP contribution in [-0.2, 0) is 0 Å². The van der Waals surface area contributed by atoms with Crippen LogP contribution in [0.2, 0.25) is 0 Å². The van der Waals surface area contributed by atoms with Crippen molar-refractivity contribution < 1.29 is 5.11 Å². The highest BCUT2D eigenvalue weighted by Gasteiger charge is 2.36. The smallest absolute Gasteiger partial charge is 0.119 e. The van der Waals surface area contributed by atoms with Crippen molar-refractivity contribution in [2.24, 2.45) is 0 Å². The highest BCUT2D eigenvalue weighted by molar-refractivity contribution is 5.85. The van der Waals surface area contributed by atoms with Crippen LogP contribution in [0.5, 0.6) is 5.75 Å². The van der Waals surface area contributed by atoms with Gasteiger partial charge in [0.1, 0.15) is 5.75 Å². The molecule has 2 atom stereocenters. The van der Waals surface area contributed by atoms with Crippen molar-refractivity contribution in [3.8, 4) is 5.75 Å². The summed E-state index contributed by atoms with van der Waals surface area (Å²) in [7, 11) is 2.20. The predicted molar refractivity (Wildman–Crippen MR) is 103 cm³/mol. The molecule has 2 aromatic carbocycles. The number of phenolic OH excluding ortho intramolecular Hbond substituents is 1. The quantitative estimate of drug-likeness (QED) is 0.833. The molecule has 3 nitrogen and oxygen atoms in total. The van der Waals surface area contributed by atoms with Gasteiger partial charge in [-0.05, 0) is 24.2 Å². The number of aromatic hydroxyl groups is 1. The molecule has 0 aliphatic carbocycles. The second kappa shape index (κ2) is 7.75. The van der Waals surface area contributed by atoms with Crippen LogP contribution in [0.1, 0.15) is 28.7 Å². The maximum Gasteiger partial charge on any atom is 0.119 e. The number of likely N-dealkylation sites (N-methyl/N-ethyl adjacent to an activating group) is 1. The molecule has 1 N–H and O–H groups in total. The average Bonchev–Trinajstić information content (AvgIpc) is 2.55. The summed E-state index contributed by atoms with van der Waals surface area (Å²) in [5, 5.41) is 10.3. The molecule has 2 aliphatic heterocycles. The van der Waals surface area contributed by atoms with E-state index in [2.05, 4.69) is 47.2 Å². The maximum absolute atomic E-state index is 10.3. The van der Waals surface area contributed by atoms with E-state index in [1.54, 1.807) is 6.07 Å². The monoisotopic (exact) mass is 366 g/mol. The maximum atomic E-state index is 10.3. The number of para-hydroxylation sites is 1. The minimum Gasteiger partial charge on any atom is -0.508 e. The second-order valence-corrected chi connectivity index (χ2v) is 6.51. The molecule has 0 bridgehead atoms. The summed E-state index contributed by atoms with van der Waals surface area (Å²) in [5.74, 6) is 0.673. The first-order valence-electron chi connectivity index (χ1n) is 8.03. The Bertz CT molecular complexity index is 695. The lowest BCUT2D eigenvalue weighted by Gasteiger charge is -2.46. The van der Waals surface area contributed by atoms with Gasteiger partial charge in [-0.3, -0.25) is 4.90 Å². The second-order valence-electron chi connectivity index (χ2n) is 6.51. The lowest BCUT2D eigenvalue weighted by molar-refractivity contribution is 0.0770. The van der Waals surface area contributed by atoms with Gasteiger partial charge in [-0.25, -0.2) is 0 Å². The van der Waals surface area contributed by atoms with E-state index < -0.39 is 0 Å². The van der Waals surface area contributed by atoms with Crippen molar-refractivity contribution in [1.29, 1.82) is 0 Å². The zero-order valence-corrected chi connectivity index (χ0v) is 15.4. The van der Waals surface area contributed by atoms with Crippen LogP contribution in [0.4, 0.5) is 0 Å². The van der Waals surface area contributed by atoms with Crippen LogP contribution >= 0.6 is 24.8 Å². The van der Waals surface area contributed by atoms with Gasteiger partial charge in [-0.2, -0.15) is 0 Å². The first kappa shape index (κ1) is 19.1. The summed E-state index contributed by atoms with van der Waals surface area (Å²) in [6, 6.07) is 17.0. The number of benzene rings is 2. The number of hydrogen-bond acceptors (Lipinski definition) is 3. The molecule has 2 aliphatic rings. The number of hydrogen-bond donors (Lipinski definition) is 1. The number of nitrogens with zero attached hydrogens (tertiary/aromatic N) is 2. The fraction of sp³-hybridized carbons (Fsp3) is 0.368. The number of halogens is 2. The molecule has 0 aromatic heterocycles. The zero-order chi connectivity index (χ0) is 15.1. The molecule has 1 saturated heterocycles. The Hall–Kier alpha value is -1.26. The lowest BCUT2D eigenvalue weighted by Crippen LogP contribution is -2.50. The number of piperazine rings is 1. The third-order valence-electron chi connectivity index (χ3n) is 5.15. The Morgan fingerprint density at radius 2 is 1.46 bits per heavy atom. The molecule has 2 aromatic rings. The Balaban J connectivity index is 0.00000104. The zero-order valence-electron chi connectivity index (χ0n) is 13.8. The van der Waals surface area contributed by atoms with Crippen molar-refractivity contribution in [1.82, 2.24) is 9.80 Å². The molecule has 0 saturated carbocycles. The summed E-state index contributed by atoms with van der Waals surface area (Å²) >= 11 is 0. The highest BCUT2D eigenvalue weighted by atomic mass is 35.5. The minimum atomic E-state index is 0. The van der Waals surface area contributed by atoms with Crippen molar-refractivity contribution in [3.05, 3.63) is 65.2 Å². The van der Waals surface area contributed by atoms with Gasteiger partial charge in [0.15, 0.2) is 0 Å². The van der Waals surface area contributed by atoms with Crippen LogP contribution in [-0.4, -0.2) is 48.1 Å². The fourth-order valence-corrected chi connectivity index (χ4v) is 3.98. The van der Waals surface area contributed by atoms with Crippen LogP contribution < -0.4 is 0 Å². The normalized spacial score (nSPS) is 23.4. The van der Waals surface area contributed by atoms with Gasteiger partial charge in [0.2, 0.25) is 0 Å². The molecular formula is C19H24Cl2N2O. The summed E-state index contributed by atoms with van der Waals surface area (Å²) < 4.78 is 0. The molecule has 1 fully saturated rings. The molecule has 0 amide bonds. The lowest BCUT2D eigenvalue weighted by atomic mass is 9.80. The van der Waals surface area contributed by atoms with Crippen molar-refractivity contribution in [2.45, 2.75) is 12.0 Å². The summed E-state index contributed by atoms with van der Waals surface area (Å²) in [6.45, 7) is 4.29. The van der Waals surface area contributed by atoms with Gasteiger partial charge in [-0.1, -0.05) is 42.5 Å². The fourth-order valence-electron chi connectivity index (χ4n) is 3.98. The van der Waals surface area contributed by atoms with Gasteiger partial charge in [0.25, 0.3) is 0 Å². The molecule has 5 heteroatoms. The van der Waals surface area contributed by atoms with E-state index in [9.17, 15) is 5.11 Å². The SMILES string of the molecule is CN1CCN2C[C@H](c3ccccc3O)c3ccccc3[C@@H]2C1.Cl.Cl. The van der Waals surface area contributed by atoms with Gasteiger partial charge < -0.3 is 10.0 Å². The summed E-state index contributed by atoms with van der Waals surface area (Å²) in [5.41, 5.74) is 3.85. The van der Waals surface area contributed by atoms with Crippen LogP contribution in [0.15, 0.2) is 48.5 Å². The van der Waals surface area contributed by atoms with Crippen LogP contribution in [0, 0.1) is 0 Å². The first-order valence-corrected chi connectivity index (χ1v) is 8.03. The number of fused-ring (bicyclic) bond motifs is 3. The molecule has 0 radical (unpaired) electrons. The first-order chi connectivity index (χ1) is 10.7. The van der Waals surface area contributed by atoms with Gasteiger partial charge >= 0.3 is 0 Å². The average molecular weight is 367 g/mol. The summed E-state index contributed by atoms with van der Waals surface area (Å²) in [4.78, 5) is 5.00. The molecular weight excluding hydrogens is 343 g/mol. The van der Waals surface area contributed by atoms with Gasteiger partial charge in [-0.15, -0.1) is 24.8 Å². The minimum absolute atomic E-state index is 0. The standard InChI is InChI=1S/C19H22N2O.2ClH/c1-20-10-11-21-12-17(16-8-4-5-9-19(16)22)14-6-2-3-7-15(14)18(21)13-20;;/h2-9,17-18,22H,10-13H2,1H3;2*1H/t17-,18-;;/m0../s1. The summed E-state index contributed by atoms with van der Waals surface area (Å²) in [6.07, 6.45) is 0. The van der Waals surface area contributed by atoms with Gasteiger partial charge in [0.05, 0.1) is 0 Å².